The predicted octanol–water partition coefficient (Wildman–Crippen LogP) is 5.04. The summed E-state index contributed by atoms with van der Waals surface area (Å²) in [6.07, 6.45) is 5.83. The van der Waals surface area contributed by atoms with Crippen molar-refractivity contribution >= 4 is 16.8 Å². The third kappa shape index (κ3) is 3.49. The zero-order valence-corrected chi connectivity index (χ0v) is 14.5. The first kappa shape index (κ1) is 16.7. The number of benzene rings is 2. The van der Waals surface area contributed by atoms with Gasteiger partial charge in [0.05, 0.1) is 17.3 Å². The van der Waals surface area contributed by atoms with Crippen molar-refractivity contribution in [2.45, 2.75) is 0 Å². The molecule has 0 atom stereocenters. The standard InChI is InChI=1S/C23H16FN3/c24-20-8-10-21(11-9-20)27-15-18(22-6-2-1-5-17(22)14-25)13-19(16-27)23-7-3-4-12-26-23/h1-13,16H,15H2. The van der Waals surface area contributed by atoms with Crippen molar-refractivity contribution in [2.75, 3.05) is 11.4 Å². The summed E-state index contributed by atoms with van der Waals surface area (Å²) in [6, 6.07) is 22.0. The fourth-order valence-electron chi connectivity index (χ4n) is 3.16. The van der Waals surface area contributed by atoms with Crippen LogP contribution in [0.5, 0.6) is 0 Å². The van der Waals surface area contributed by atoms with Crippen molar-refractivity contribution in [1.29, 1.82) is 5.26 Å². The number of hydrogen-bond acceptors (Lipinski definition) is 3. The molecule has 1 aliphatic heterocycles. The molecular formula is C23H16FN3. The van der Waals surface area contributed by atoms with E-state index in [0.717, 1.165) is 28.1 Å². The maximum Gasteiger partial charge on any atom is 0.123 e. The van der Waals surface area contributed by atoms with Gasteiger partial charge in [0.15, 0.2) is 0 Å². The van der Waals surface area contributed by atoms with Gasteiger partial charge in [0, 0.05) is 30.2 Å². The third-order valence-electron chi connectivity index (χ3n) is 4.48. The van der Waals surface area contributed by atoms with Crippen molar-refractivity contribution in [2.24, 2.45) is 0 Å². The molecule has 0 spiro atoms. The van der Waals surface area contributed by atoms with Gasteiger partial charge in [-0.2, -0.15) is 5.26 Å². The molecule has 0 bridgehead atoms. The summed E-state index contributed by atoms with van der Waals surface area (Å²) >= 11 is 0. The molecule has 3 aromatic rings. The molecule has 0 saturated carbocycles. The fraction of sp³-hybridized carbons (Fsp3) is 0.0435. The number of allylic oxidation sites excluding steroid dienone is 2. The smallest absolute Gasteiger partial charge is 0.123 e. The zero-order valence-electron chi connectivity index (χ0n) is 14.5. The summed E-state index contributed by atoms with van der Waals surface area (Å²) in [6.45, 7) is 0.584. The summed E-state index contributed by atoms with van der Waals surface area (Å²) in [4.78, 5) is 6.50. The van der Waals surface area contributed by atoms with Crippen LogP contribution in [0.25, 0.3) is 11.1 Å². The summed E-state index contributed by atoms with van der Waals surface area (Å²) in [7, 11) is 0. The van der Waals surface area contributed by atoms with E-state index < -0.39 is 0 Å². The van der Waals surface area contributed by atoms with Crippen molar-refractivity contribution in [3.63, 3.8) is 0 Å². The summed E-state index contributed by atoms with van der Waals surface area (Å²) in [5.74, 6) is -0.268. The molecule has 2 aromatic carbocycles. The second kappa shape index (κ2) is 7.27. The number of rotatable bonds is 3. The van der Waals surface area contributed by atoms with Crippen molar-refractivity contribution in [3.05, 3.63) is 108 Å². The minimum atomic E-state index is -0.268. The summed E-state index contributed by atoms with van der Waals surface area (Å²) in [5, 5.41) is 9.49. The highest BCUT2D eigenvalue weighted by Crippen LogP contribution is 2.31. The van der Waals surface area contributed by atoms with E-state index in [-0.39, 0.29) is 5.82 Å². The molecule has 0 N–H and O–H groups in total. The molecule has 0 fully saturated rings. The monoisotopic (exact) mass is 353 g/mol. The normalized spacial score (nSPS) is 13.6. The average molecular weight is 353 g/mol. The summed E-state index contributed by atoms with van der Waals surface area (Å²) in [5.41, 5.74) is 5.20. The van der Waals surface area contributed by atoms with Crippen LogP contribution in [-0.4, -0.2) is 11.5 Å². The Kier molecular flexibility index (Phi) is 4.51. The van der Waals surface area contributed by atoms with E-state index in [4.69, 9.17) is 0 Å². The van der Waals surface area contributed by atoms with Gasteiger partial charge in [0.2, 0.25) is 0 Å². The van der Waals surface area contributed by atoms with Crippen LogP contribution in [0.2, 0.25) is 0 Å². The molecule has 4 heteroatoms. The molecule has 2 heterocycles. The second-order valence-electron chi connectivity index (χ2n) is 6.23. The van der Waals surface area contributed by atoms with E-state index in [1.807, 2.05) is 53.6 Å². The van der Waals surface area contributed by atoms with Gasteiger partial charge in [-0.15, -0.1) is 0 Å². The highest BCUT2D eigenvalue weighted by molar-refractivity contribution is 5.89. The van der Waals surface area contributed by atoms with Gasteiger partial charge in [0.25, 0.3) is 0 Å². The van der Waals surface area contributed by atoms with Gasteiger partial charge in [-0.25, -0.2) is 4.39 Å². The first-order valence-electron chi connectivity index (χ1n) is 8.60. The quantitative estimate of drug-likeness (QED) is 0.662. The predicted molar refractivity (Wildman–Crippen MR) is 105 cm³/mol. The first-order chi connectivity index (χ1) is 13.2. The lowest BCUT2D eigenvalue weighted by atomic mass is 9.95. The Labute approximate surface area is 157 Å². The van der Waals surface area contributed by atoms with Gasteiger partial charge in [-0.3, -0.25) is 4.98 Å². The SMILES string of the molecule is N#Cc1ccccc1C1=CC(c2ccccn2)=CN(c2ccc(F)cc2)C1. The Bertz CT molecular complexity index is 1060. The van der Waals surface area contributed by atoms with Crippen molar-refractivity contribution < 1.29 is 4.39 Å². The van der Waals surface area contributed by atoms with Crippen LogP contribution in [0.3, 0.4) is 0 Å². The number of halogens is 1. The minimum absolute atomic E-state index is 0.268. The Morgan fingerprint density at radius 1 is 0.963 bits per heavy atom. The lowest BCUT2D eigenvalue weighted by Crippen LogP contribution is -2.22. The largest absolute Gasteiger partial charge is 0.343 e. The fourth-order valence-corrected chi connectivity index (χ4v) is 3.16. The van der Waals surface area contributed by atoms with Crippen LogP contribution in [0, 0.1) is 17.1 Å². The molecular weight excluding hydrogens is 337 g/mol. The molecule has 0 aliphatic carbocycles. The van der Waals surface area contributed by atoms with Gasteiger partial charge in [0.1, 0.15) is 5.82 Å². The van der Waals surface area contributed by atoms with Gasteiger partial charge >= 0.3 is 0 Å². The second-order valence-corrected chi connectivity index (χ2v) is 6.23. The maximum atomic E-state index is 13.3. The summed E-state index contributed by atoms with van der Waals surface area (Å²) < 4.78 is 13.3. The van der Waals surface area contributed by atoms with Gasteiger partial charge < -0.3 is 4.90 Å². The number of pyridine rings is 1. The Hall–Kier alpha value is -3.71. The van der Waals surface area contributed by atoms with E-state index >= 15 is 0 Å². The van der Waals surface area contributed by atoms with Crippen LogP contribution in [0.15, 0.2) is 85.2 Å². The Balaban J connectivity index is 1.82. The molecule has 27 heavy (non-hydrogen) atoms. The lowest BCUT2D eigenvalue weighted by molar-refractivity contribution is 0.628. The molecule has 3 nitrogen and oxygen atoms in total. The molecule has 1 aromatic heterocycles. The van der Waals surface area contributed by atoms with E-state index in [1.54, 1.807) is 18.3 Å². The van der Waals surface area contributed by atoms with Gasteiger partial charge in [-0.1, -0.05) is 24.3 Å². The molecule has 0 amide bonds. The number of nitrogens with zero attached hydrogens (tertiary/aromatic N) is 3. The first-order valence-corrected chi connectivity index (χ1v) is 8.60. The van der Waals surface area contributed by atoms with Crippen LogP contribution >= 0.6 is 0 Å². The highest BCUT2D eigenvalue weighted by atomic mass is 19.1. The van der Waals surface area contributed by atoms with Gasteiger partial charge in [-0.05, 0) is 59.7 Å². The van der Waals surface area contributed by atoms with E-state index in [1.165, 1.54) is 12.1 Å². The molecule has 1 aliphatic rings. The molecule has 130 valence electrons. The minimum Gasteiger partial charge on any atom is -0.343 e. The van der Waals surface area contributed by atoms with Crippen LogP contribution in [0.4, 0.5) is 10.1 Å². The van der Waals surface area contributed by atoms with Crippen LogP contribution in [0.1, 0.15) is 16.8 Å². The van der Waals surface area contributed by atoms with E-state index in [0.29, 0.717) is 12.1 Å². The zero-order chi connectivity index (χ0) is 18.6. The Morgan fingerprint density at radius 3 is 2.48 bits per heavy atom. The molecule has 0 radical (unpaired) electrons. The van der Waals surface area contributed by atoms with Crippen LogP contribution in [-0.2, 0) is 0 Å². The number of aromatic nitrogens is 1. The number of anilines is 1. The molecule has 0 saturated heterocycles. The van der Waals surface area contributed by atoms with E-state index in [9.17, 15) is 9.65 Å². The maximum absolute atomic E-state index is 13.3. The van der Waals surface area contributed by atoms with Crippen molar-refractivity contribution in [3.8, 4) is 6.07 Å². The van der Waals surface area contributed by atoms with E-state index in [2.05, 4.69) is 17.1 Å². The highest BCUT2D eigenvalue weighted by Gasteiger charge is 2.18. The lowest BCUT2D eigenvalue weighted by Gasteiger charge is -2.28. The third-order valence-corrected chi connectivity index (χ3v) is 4.48. The number of hydrogen-bond donors (Lipinski definition) is 0. The van der Waals surface area contributed by atoms with Crippen LogP contribution < -0.4 is 4.90 Å². The van der Waals surface area contributed by atoms with Crippen molar-refractivity contribution in [1.82, 2.24) is 4.98 Å². The topological polar surface area (TPSA) is 39.9 Å². The average Bonchev–Trinajstić information content (AvgIpc) is 2.74. The molecule has 0 unspecified atom stereocenters. The number of nitriles is 1. The Morgan fingerprint density at radius 2 is 1.74 bits per heavy atom. The molecule has 4 rings (SSSR count).